The first-order valence-corrected chi connectivity index (χ1v) is 6.67. The Morgan fingerprint density at radius 2 is 2.05 bits per heavy atom. The molecule has 110 valence electrons. The molecular formula is C13H14ClF3N2O. The summed E-state index contributed by atoms with van der Waals surface area (Å²) in [5.74, 6) is -0.212. The van der Waals surface area contributed by atoms with Gasteiger partial charge in [0.15, 0.2) is 0 Å². The van der Waals surface area contributed by atoms with Gasteiger partial charge in [0.2, 0.25) is 5.91 Å². The fourth-order valence-corrected chi connectivity index (χ4v) is 2.25. The molecule has 1 aromatic carbocycles. The van der Waals surface area contributed by atoms with Crippen LogP contribution in [0, 0.1) is 0 Å². The van der Waals surface area contributed by atoms with Crippen LogP contribution in [0.4, 0.5) is 18.9 Å². The van der Waals surface area contributed by atoms with E-state index in [1.807, 2.05) is 0 Å². The lowest BCUT2D eigenvalue weighted by molar-refractivity contribution is -0.137. The number of anilines is 1. The van der Waals surface area contributed by atoms with Crippen molar-refractivity contribution in [3.63, 3.8) is 0 Å². The van der Waals surface area contributed by atoms with Gasteiger partial charge in [0, 0.05) is 6.54 Å². The molecule has 0 saturated carbocycles. The normalized spacial score (nSPS) is 20.2. The molecule has 3 nitrogen and oxygen atoms in total. The lowest BCUT2D eigenvalue weighted by atomic mass is 10.1. The molecule has 0 aromatic heterocycles. The van der Waals surface area contributed by atoms with Crippen LogP contribution < -0.4 is 10.6 Å². The smallest absolute Gasteiger partial charge is 0.372 e. The van der Waals surface area contributed by atoms with E-state index in [4.69, 9.17) is 11.6 Å². The van der Waals surface area contributed by atoms with Crippen molar-refractivity contribution in [3.05, 3.63) is 28.8 Å². The van der Waals surface area contributed by atoms with Gasteiger partial charge < -0.3 is 10.6 Å². The molecule has 0 bridgehead atoms. The van der Waals surface area contributed by atoms with Crippen molar-refractivity contribution in [3.8, 4) is 0 Å². The average molecular weight is 307 g/mol. The van der Waals surface area contributed by atoms with Crippen LogP contribution in [0.15, 0.2) is 18.2 Å². The molecule has 2 N–H and O–H groups in total. The van der Waals surface area contributed by atoms with Crippen LogP contribution in [0.1, 0.15) is 24.8 Å². The number of benzene rings is 1. The Labute approximate surface area is 119 Å². The van der Waals surface area contributed by atoms with E-state index in [1.165, 1.54) is 6.07 Å². The Bertz CT molecular complexity index is 505. The van der Waals surface area contributed by atoms with Crippen molar-refractivity contribution < 1.29 is 18.0 Å². The Morgan fingerprint density at radius 1 is 1.30 bits per heavy atom. The molecule has 2 rings (SSSR count). The molecular weight excluding hydrogens is 293 g/mol. The predicted molar refractivity (Wildman–Crippen MR) is 70.7 cm³/mol. The van der Waals surface area contributed by atoms with Crippen LogP contribution in [-0.2, 0) is 11.0 Å². The highest BCUT2D eigenvalue weighted by Crippen LogP contribution is 2.34. The summed E-state index contributed by atoms with van der Waals surface area (Å²) in [6.07, 6.45) is -2.18. The molecule has 0 aliphatic carbocycles. The zero-order chi connectivity index (χ0) is 14.8. The van der Waals surface area contributed by atoms with Crippen LogP contribution in [0.25, 0.3) is 0 Å². The maximum Gasteiger partial charge on any atom is 0.416 e. The van der Waals surface area contributed by atoms with Gasteiger partial charge in [-0.1, -0.05) is 11.6 Å². The highest BCUT2D eigenvalue weighted by molar-refractivity contribution is 6.33. The van der Waals surface area contributed by atoms with E-state index in [1.54, 1.807) is 0 Å². The Morgan fingerprint density at radius 3 is 2.75 bits per heavy atom. The second-order valence-corrected chi connectivity index (χ2v) is 5.08. The number of rotatable bonds is 2. The van der Waals surface area contributed by atoms with Gasteiger partial charge in [-0.05, 0) is 37.5 Å². The molecule has 1 saturated heterocycles. The summed E-state index contributed by atoms with van der Waals surface area (Å²) in [5.41, 5.74) is -0.665. The third kappa shape index (κ3) is 3.56. The van der Waals surface area contributed by atoms with Gasteiger partial charge in [-0.2, -0.15) is 13.2 Å². The molecule has 1 amide bonds. The summed E-state index contributed by atoms with van der Waals surface area (Å²) in [4.78, 5) is 11.8. The number of hydrogen-bond donors (Lipinski definition) is 2. The number of hydrogen-bond acceptors (Lipinski definition) is 2. The van der Waals surface area contributed by atoms with Gasteiger partial charge >= 0.3 is 6.18 Å². The molecule has 1 heterocycles. The zero-order valence-electron chi connectivity index (χ0n) is 10.6. The van der Waals surface area contributed by atoms with Crippen LogP contribution in [0.3, 0.4) is 0 Å². The molecule has 1 aliphatic rings. The van der Waals surface area contributed by atoms with E-state index in [9.17, 15) is 18.0 Å². The van der Waals surface area contributed by atoms with Crippen molar-refractivity contribution in [1.29, 1.82) is 0 Å². The van der Waals surface area contributed by atoms with Crippen molar-refractivity contribution in [2.75, 3.05) is 11.9 Å². The number of carbonyl (C=O) groups is 1. The summed E-state index contributed by atoms with van der Waals surface area (Å²) >= 11 is 5.89. The summed E-state index contributed by atoms with van der Waals surface area (Å²) in [7, 11) is 0. The zero-order valence-corrected chi connectivity index (χ0v) is 11.3. The largest absolute Gasteiger partial charge is 0.416 e. The number of nitrogens with one attached hydrogen (secondary N) is 2. The molecule has 0 spiro atoms. The predicted octanol–water partition coefficient (Wildman–Crippen LogP) is 3.44. The fourth-order valence-electron chi connectivity index (χ4n) is 2.08. The van der Waals surface area contributed by atoms with Gasteiger partial charge in [0.1, 0.15) is 6.04 Å². The number of amides is 1. The summed E-state index contributed by atoms with van der Waals surface area (Å²) < 4.78 is 38.0. The SMILES string of the molecule is O=C1NCCCCC1Nc1cc(C(F)(F)F)ccc1Cl. The van der Waals surface area contributed by atoms with E-state index in [2.05, 4.69) is 10.6 Å². The Balaban J connectivity index is 2.21. The van der Waals surface area contributed by atoms with Crippen molar-refractivity contribution in [2.24, 2.45) is 0 Å². The minimum absolute atomic E-state index is 0.128. The molecule has 1 aliphatic heterocycles. The first-order chi connectivity index (χ1) is 9.38. The second kappa shape index (κ2) is 5.91. The van der Waals surface area contributed by atoms with Gasteiger partial charge in [0.25, 0.3) is 0 Å². The molecule has 7 heteroatoms. The Hall–Kier alpha value is -1.43. The van der Waals surface area contributed by atoms with Gasteiger partial charge in [-0.3, -0.25) is 4.79 Å². The van der Waals surface area contributed by atoms with E-state index in [0.717, 1.165) is 25.0 Å². The van der Waals surface area contributed by atoms with Crippen LogP contribution in [0.2, 0.25) is 5.02 Å². The number of carbonyl (C=O) groups excluding carboxylic acids is 1. The van der Waals surface area contributed by atoms with E-state index in [0.29, 0.717) is 13.0 Å². The quantitative estimate of drug-likeness (QED) is 0.879. The molecule has 0 radical (unpaired) electrons. The maximum absolute atomic E-state index is 12.7. The second-order valence-electron chi connectivity index (χ2n) is 4.68. The number of halogens is 4. The molecule has 1 fully saturated rings. The van der Waals surface area contributed by atoms with Crippen molar-refractivity contribution in [2.45, 2.75) is 31.5 Å². The summed E-state index contributed by atoms with van der Waals surface area (Å²) in [6, 6.07) is 2.47. The lowest BCUT2D eigenvalue weighted by Crippen LogP contribution is -2.37. The van der Waals surface area contributed by atoms with E-state index >= 15 is 0 Å². The van der Waals surface area contributed by atoms with Crippen molar-refractivity contribution >= 4 is 23.2 Å². The van der Waals surface area contributed by atoms with E-state index in [-0.39, 0.29) is 16.6 Å². The van der Waals surface area contributed by atoms with Crippen molar-refractivity contribution in [1.82, 2.24) is 5.32 Å². The Kier molecular flexibility index (Phi) is 4.42. The number of alkyl halides is 3. The maximum atomic E-state index is 12.7. The minimum Gasteiger partial charge on any atom is -0.372 e. The third-order valence-corrected chi connectivity index (χ3v) is 3.49. The molecule has 1 atom stereocenters. The van der Waals surface area contributed by atoms with Crippen LogP contribution in [0.5, 0.6) is 0 Å². The average Bonchev–Trinajstić information content (AvgIpc) is 2.56. The monoisotopic (exact) mass is 306 g/mol. The highest BCUT2D eigenvalue weighted by Gasteiger charge is 2.31. The summed E-state index contributed by atoms with van der Waals surface area (Å²) in [6.45, 7) is 0.591. The van der Waals surface area contributed by atoms with Gasteiger partial charge in [0.05, 0.1) is 16.3 Å². The topological polar surface area (TPSA) is 41.1 Å². The van der Waals surface area contributed by atoms with Crippen LogP contribution >= 0.6 is 11.6 Å². The molecule has 1 unspecified atom stereocenters. The molecule has 20 heavy (non-hydrogen) atoms. The van der Waals surface area contributed by atoms with Gasteiger partial charge in [-0.25, -0.2) is 0 Å². The third-order valence-electron chi connectivity index (χ3n) is 3.16. The standard InChI is InChI=1S/C13H14ClF3N2O/c14-9-5-4-8(13(15,16)17)7-11(9)19-10-3-1-2-6-18-12(10)20/h4-5,7,10,19H,1-3,6H2,(H,18,20). The fraction of sp³-hybridized carbons (Fsp3) is 0.462. The summed E-state index contributed by atoms with van der Waals surface area (Å²) in [5, 5.41) is 5.68. The minimum atomic E-state index is -4.44. The van der Waals surface area contributed by atoms with Crippen LogP contribution in [-0.4, -0.2) is 18.5 Å². The lowest BCUT2D eigenvalue weighted by Gasteiger charge is -2.18. The molecule has 1 aromatic rings. The van der Waals surface area contributed by atoms with E-state index < -0.39 is 17.8 Å². The van der Waals surface area contributed by atoms with Gasteiger partial charge in [-0.15, -0.1) is 0 Å². The highest BCUT2D eigenvalue weighted by atomic mass is 35.5. The first-order valence-electron chi connectivity index (χ1n) is 6.29. The first kappa shape index (κ1) is 15.0.